The minimum absolute atomic E-state index is 0.630. The predicted octanol–water partition coefficient (Wildman–Crippen LogP) is 4.65. The molecule has 0 fully saturated rings. The molecule has 0 saturated heterocycles. The van der Waals surface area contributed by atoms with Crippen LogP contribution in [0.2, 0.25) is 0 Å². The second kappa shape index (κ2) is 7.56. The summed E-state index contributed by atoms with van der Waals surface area (Å²) in [6.07, 6.45) is 1.74. The zero-order valence-electron chi connectivity index (χ0n) is 12.8. The van der Waals surface area contributed by atoms with Crippen molar-refractivity contribution in [2.75, 3.05) is 12.0 Å². The van der Waals surface area contributed by atoms with E-state index in [9.17, 15) is 0 Å². The molecule has 0 radical (unpaired) electrons. The van der Waals surface area contributed by atoms with Crippen molar-refractivity contribution < 1.29 is 4.74 Å². The Morgan fingerprint density at radius 1 is 1.13 bits per heavy atom. The maximum absolute atomic E-state index is 5.57. The summed E-state index contributed by atoms with van der Waals surface area (Å²) in [5.74, 6) is 0.824. The zero-order chi connectivity index (χ0) is 15.9. The number of anilines is 1. The van der Waals surface area contributed by atoms with Gasteiger partial charge in [-0.2, -0.15) is 5.10 Å². The van der Waals surface area contributed by atoms with Crippen LogP contribution in [0.15, 0.2) is 65.1 Å². The smallest absolute Gasteiger partial charge is 0.203 e. The predicted molar refractivity (Wildman–Crippen MR) is 96.4 cm³/mol. The molecule has 0 aliphatic rings. The van der Waals surface area contributed by atoms with Crippen LogP contribution >= 0.6 is 11.3 Å². The molecule has 0 amide bonds. The quantitative estimate of drug-likeness (QED) is 0.530. The van der Waals surface area contributed by atoms with Gasteiger partial charge in [0.25, 0.3) is 0 Å². The highest BCUT2D eigenvalue weighted by Gasteiger charge is 2.03. The molecule has 23 heavy (non-hydrogen) atoms. The SMILES string of the molecule is CCOc1ccccc1/C=N\Nc1nc(-c2ccccc2)cs1. The van der Waals surface area contributed by atoms with Gasteiger partial charge in [0.1, 0.15) is 5.75 Å². The number of benzene rings is 2. The normalized spacial score (nSPS) is 10.8. The van der Waals surface area contributed by atoms with Gasteiger partial charge in [0.2, 0.25) is 5.13 Å². The van der Waals surface area contributed by atoms with E-state index >= 15 is 0 Å². The number of hydrogen-bond acceptors (Lipinski definition) is 5. The van der Waals surface area contributed by atoms with Crippen molar-refractivity contribution >= 4 is 22.7 Å². The molecule has 5 heteroatoms. The maximum atomic E-state index is 5.57. The Balaban J connectivity index is 1.68. The van der Waals surface area contributed by atoms with Crippen LogP contribution in [-0.2, 0) is 0 Å². The molecule has 0 atom stereocenters. The van der Waals surface area contributed by atoms with Crippen LogP contribution in [0.5, 0.6) is 5.75 Å². The Hall–Kier alpha value is -2.66. The number of hydrogen-bond donors (Lipinski definition) is 1. The molecule has 4 nitrogen and oxygen atoms in total. The Kier molecular flexibility index (Phi) is 5.01. The maximum Gasteiger partial charge on any atom is 0.203 e. The lowest BCUT2D eigenvalue weighted by Crippen LogP contribution is -1.97. The third kappa shape index (κ3) is 3.96. The van der Waals surface area contributed by atoms with E-state index in [1.807, 2.05) is 66.9 Å². The lowest BCUT2D eigenvalue weighted by Gasteiger charge is -2.05. The van der Waals surface area contributed by atoms with Crippen molar-refractivity contribution in [2.45, 2.75) is 6.92 Å². The number of nitrogens with one attached hydrogen (secondary N) is 1. The van der Waals surface area contributed by atoms with Crippen LogP contribution in [0.4, 0.5) is 5.13 Å². The molecule has 3 aromatic rings. The van der Waals surface area contributed by atoms with E-state index in [0.29, 0.717) is 6.61 Å². The van der Waals surface area contributed by atoms with Crippen molar-refractivity contribution in [3.8, 4) is 17.0 Å². The highest BCUT2D eigenvalue weighted by molar-refractivity contribution is 7.14. The molecule has 0 aliphatic heterocycles. The average molecular weight is 323 g/mol. The third-order valence-corrected chi connectivity index (χ3v) is 3.90. The molecule has 0 bridgehead atoms. The monoisotopic (exact) mass is 323 g/mol. The van der Waals surface area contributed by atoms with Gasteiger partial charge in [-0.1, -0.05) is 42.5 Å². The first-order valence-electron chi connectivity index (χ1n) is 7.38. The molecule has 0 unspecified atom stereocenters. The van der Waals surface area contributed by atoms with E-state index in [1.165, 1.54) is 11.3 Å². The summed E-state index contributed by atoms with van der Waals surface area (Å²) < 4.78 is 5.57. The van der Waals surface area contributed by atoms with Gasteiger partial charge in [-0.15, -0.1) is 11.3 Å². The van der Waals surface area contributed by atoms with Crippen molar-refractivity contribution in [3.63, 3.8) is 0 Å². The van der Waals surface area contributed by atoms with Crippen LogP contribution in [0.25, 0.3) is 11.3 Å². The minimum Gasteiger partial charge on any atom is -0.493 e. The molecule has 1 heterocycles. The van der Waals surface area contributed by atoms with Crippen molar-refractivity contribution in [1.29, 1.82) is 0 Å². The average Bonchev–Trinajstić information content (AvgIpc) is 3.06. The van der Waals surface area contributed by atoms with E-state index in [-0.39, 0.29) is 0 Å². The molecule has 1 aromatic heterocycles. The second-order valence-electron chi connectivity index (χ2n) is 4.74. The number of aromatic nitrogens is 1. The standard InChI is InChI=1S/C18H17N3OS/c1-2-22-17-11-7-6-10-15(17)12-19-21-18-20-16(13-23-18)14-8-4-3-5-9-14/h3-13H,2H2,1H3,(H,20,21)/b19-12-. The van der Waals surface area contributed by atoms with Gasteiger partial charge in [-0.3, -0.25) is 5.43 Å². The van der Waals surface area contributed by atoms with Gasteiger partial charge in [-0.25, -0.2) is 4.98 Å². The third-order valence-electron chi connectivity index (χ3n) is 3.16. The topological polar surface area (TPSA) is 46.5 Å². The van der Waals surface area contributed by atoms with Crippen LogP contribution in [0, 0.1) is 0 Å². The number of ether oxygens (including phenoxy) is 1. The summed E-state index contributed by atoms with van der Waals surface area (Å²) in [4.78, 5) is 4.53. The molecule has 116 valence electrons. The first kappa shape index (κ1) is 15.2. The number of thiazole rings is 1. The van der Waals surface area contributed by atoms with E-state index in [4.69, 9.17) is 4.74 Å². The lowest BCUT2D eigenvalue weighted by atomic mass is 10.2. The zero-order valence-corrected chi connectivity index (χ0v) is 13.6. The van der Waals surface area contributed by atoms with Crippen LogP contribution in [0.3, 0.4) is 0 Å². The van der Waals surface area contributed by atoms with E-state index in [1.54, 1.807) is 6.21 Å². The number of para-hydroxylation sites is 1. The molecular weight excluding hydrogens is 306 g/mol. The summed E-state index contributed by atoms with van der Waals surface area (Å²) in [6.45, 7) is 2.60. The molecule has 0 saturated carbocycles. The summed E-state index contributed by atoms with van der Waals surface area (Å²) in [7, 11) is 0. The summed E-state index contributed by atoms with van der Waals surface area (Å²) in [5, 5.41) is 7.03. The van der Waals surface area contributed by atoms with Crippen molar-refractivity contribution in [2.24, 2.45) is 5.10 Å². The number of hydrazone groups is 1. The summed E-state index contributed by atoms with van der Waals surface area (Å²) >= 11 is 1.53. The highest BCUT2D eigenvalue weighted by atomic mass is 32.1. The fraction of sp³-hybridized carbons (Fsp3) is 0.111. The first-order valence-corrected chi connectivity index (χ1v) is 8.26. The van der Waals surface area contributed by atoms with Gasteiger partial charge < -0.3 is 4.74 Å². The van der Waals surface area contributed by atoms with Gasteiger partial charge in [-0.05, 0) is 19.1 Å². The molecule has 1 N–H and O–H groups in total. The number of nitrogens with zero attached hydrogens (tertiary/aromatic N) is 2. The molecular formula is C18H17N3OS. The Labute approximate surface area is 139 Å². The van der Waals surface area contributed by atoms with E-state index in [0.717, 1.165) is 27.7 Å². The van der Waals surface area contributed by atoms with E-state index in [2.05, 4.69) is 15.5 Å². The van der Waals surface area contributed by atoms with Gasteiger partial charge in [0.05, 0.1) is 18.5 Å². The number of rotatable bonds is 6. The second-order valence-corrected chi connectivity index (χ2v) is 5.60. The van der Waals surface area contributed by atoms with Crippen molar-refractivity contribution in [1.82, 2.24) is 4.98 Å². The van der Waals surface area contributed by atoms with Crippen LogP contribution < -0.4 is 10.2 Å². The molecule has 2 aromatic carbocycles. The fourth-order valence-electron chi connectivity index (χ4n) is 2.10. The Morgan fingerprint density at radius 3 is 2.74 bits per heavy atom. The Bertz CT molecular complexity index is 784. The summed E-state index contributed by atoms with van der Waals surface area (Å²) in [5.41, 5.74) is 5.95. The van der Waals surface area contributed by atoms with Crippen molar-refractivity contribution in [3.05, 3.63) is 65.5 Å². The van der Waals surface area contributed by atoms with Crippen LogP contribution in [0.1, 0.15) is 12.5 Å². The van der Waals surface area contributed by atoms with E-state index < -0.39 is 0 Å². The highest BCUT2D eigenvalue weighted by Crippen LogP contribution is 2.24. The molecule has 0 spiro atoms. The van der Waals surface area contributed by atoms with Gasteiger partial charge >= 0.3 is 0 Å². The lowest BCUT2D eigenvalue weighted by molar-refractivity contribution is 0.340. The molecule has 0 aliphatic carbocycles. The first-order chi connectivity index (χ1) is 11.4. The van der Waals surface area contributed by atoms with Crippen LogP contribution in [-0.4, -0.2) is 17.8 Å². The largest absolute Gasteiger partial charge is 0.493 e. The van der Waals surface area contributed by atoms with Gasteiger partial charge in [0, 0.05) is 16.5 Å². The fourth-order valence-corrected chi connectivity index (χ4v) is 2.77. The van der Waals surface area contributed by atoms with Gasteiger partial charge in [0.15, 0.2) is 0 Å². The Morgan fingerprint density at radius 2 is 1.91 bits per heavy atom. The molecule has 3 rings (SSSR count). The minimum atomic E-state index is 0.630. The summed E-state index contributed by atoms with van der Waals surface area (Å²) in [6, 6.07) is 17.9.